The van der Waals surface area contributed by atoms with Crippen molar-refractivity contribution in [2.75, 3.05) is 72.3 Å². The molecule has 0 aliphatic carbocycles. The fourth-order valence-electron chi connectivity index (χ4n) is 12.7. The lowest BCUT2D eigenvalue weighted by Crippen LogP contribution is -2.61. The fraction of sp³-hybridized carbons (Fsp3) is 0.408. The number of carbonyl (C=O) groups is 6. The molecule has 6 aliphatic rings. The molecule has 0 saturated carbocycles. The second-order valence-electron chi connectivity index (χ2n) is 24.9. The number of esters is 3. The van der Waals surface area contributed by atoms with Crippen LogP contribution in [0, 0.1) is 17.5 Å². The topological polar surface area (TPSA) is 322 Å². The number of rotatable bonds is 30. The molecule has 6 N–H and O–H groups in total. The number of alkyl halides is 3. The van der Waals surface area contributed by atoms with Gasteiger partial charge < -0.3 is 50.2 Å². The smallest absolute Gasteiger partial charge is 0.338 e. The molecule has 0 bridgehead atoms. The third-order valence-electron chi connectivity index (χ3n) is 17.8. The van der Waals surface area contributed by atoms with Crippen LogP contribution >= 0.6 is 73.1 Å². The van der Waals surface area contributed by atoms with Gasteiger partial charge in [0.2, 0.25) is 0 Å². The number of thiazole rings is 3. The Labute approximate surface area is 645 Å². The van der Waals surface area contributed by atoms with Crippen LogP contribution in [0.25, 0.3) is 0 Å². The van der Waals surface area contributed by atoms with Gasteiger partial charge >= 0.3 is 35.8 Å². The zero-order chi connectivity index (χ0) is 77.5. The van der Waals surface area contributed by atoms with Crippen LogP contribution in [0.4, 0.5) is 26.3 Å². The first kappa shape index (κ1) is 82.0. The van der Waals surface area contributed by atoms with Crippen molar-refractivity contribution in [3.8, 4) is 0 Å². The molecule has 3 fully saturated rings. The van der Waals surface area contributed by atoms with E-state index in [0.717, 1.165) is 12.1 Å². The summed E-state index contributed by atoms with van der Waals surface area (Å²) in [5.41, 5.74) is 3.30. The van der Waals surface area contributed by atoms with E-state index in [1.807, 2.05) is 9.80 Å². The van der Waals surface area contributed by atoms with Crippen molar-refractivity contribution >= 4 is 126 Å². The number of aromatic nitrogens is 3. The summed E-state index contributed by atoms with van der Waals surface area (Å²) in [6.45, 7) is 5.57. The quantitative estimate of drug-likeness (QED) is 0.0139. The molecule has 0 spiro atoms. The van der Waals surface area contributed by atoms with Gasteiger partial charge in [-0.15, -0.1) is 34.0 Å². The van der Waals surface area contributed by atoms with E-state index in [4.69, 9.17) is 67.5 Å². The van der Waals surface area contributed by atoms with Crippen molar-refractivity contribution < 1.29 is 89.4 Å². The Bertz CT molecular complexity index is 4010. The number of nitrogens with zero attached hydrogens (tertiary/aromatic N) is 9. The Kier molecular flexibility index (Phi) is 29.0. The van der Waals surface area contributed by atoms with Crippen LogP contribution in [0.15, 0.2) is 143 Å². The molecule has 9 atom stereocenters. The van der Waals surface area contributed by atoms with Crippen molar-refractivity contribution in [1.29, 1.82) is 0 Å². The van der Waals surface area contributed by atoms with E-state index < -0.39 is 115 Å². The predicted octanol–water partition coefficient (Wildman–Crippen LogP) is 11.3. The van der Waals surface area contributed by atoms with Crippen LogP contribution in [-0.4, -0.2) is 207 Å². The van der Waals surface area contributed by atoms with Crippen LogP contribution < -0.4 is 16.0 Å². The number of carboxylic acids is 3. The number of aliphatic carboxylic acids is 3. The number of amidine groups is 3. The molecule has 6 unspecified atom stereocenters. The maximum absolute atomic E-state index is 14.4. The van der Waals surface area contributed by atoms with E-state index in [1.165, 1.54) is 70.4 Å². The van der Waals surface area contributed by atoms with Crippen molar-refractivity contribution in [2.24, 2.45) is 15.0 Å². The highest BCUT2D eigenvalue weighted by Gasteiger charge is 2.46. The van der Waals surface area contributed by atoms with Crippen molar-refractivity contribution in [3.05, 3.63) is 187 Å². The van der Waals surface area contributed by atoms with Crippen molar-refractivity contribution in [1.82, 2.24) is 45.6 Å². The molecule has 9 heterocycles. The average Bonchev–Trinajstić information content (AvgIpc) is 0.954. The average molecular weight is 1660 g/mol. The van der Waals surface area contributed by atoms with Gasteiger partial charge in [-0.2, -0.15) is 0 Å². The Hall–Kier alpha value is -8.52. The normalized spacial score (nSPS) is 22.0. The standard InChI is InChI=1S/C24H25BrF2N4O4S.C24H25ClF2N4O4S.C23H23ClF2N4O5S/c2*1-2-35-24(34)20-17(12-31-11-16(27)18(31)4-3-5-19(32)33)29-22(23-28-8-9-36-23)30-21(20)14-7-6-13(26)10-15(14)25;1-2-35-23(33)19-16(9-30-8-15(26)17(30)10-34-11-18(31)32)28-21(22-27-5-6-36-22)29-20(19)13-4-3-12(25)7-14(13)24/h2*6-10,16,18,21H,2-5,11-12H2,1H3,(H,29,30)(H,32,33);3-7,15,17,20H,2,8-11H2,1H3,(H,28,29)(H,31,32)/t2*16?,18?,21-;15?,17?,20-/m000/s1. The Balaban J connectivity index is 0.000000173. The van der Waals surface area contributed by atoms with Gasteiger partial charge in [-0.1, -0.05) is 57.3 Å². The summed E-state index contributed by atoms with van der Waals surface area (Å²) >= 11 is 20.2. The third-order valence-corrected chi connectivity index (χ3v) is 21.5. The van der Waals surface area contributed by atoms with Gasteiger partial charge in [0.15, 0.2) is 32.5 Å². The van der Waals surface area contributed by atoms with Gasteiger partial charge in [0, 0.05) is 142 Å². The lowest BCUT2D eigenvalue weighted by Gasteiger charge is -2.45. The fourth-order valence-corrected chi connectivity index (χ4v) is 15.6. The van der Waals surface area contributed by atoms with E-state index in [0.29, 0.717) is 96.5 Å². The van der Waals surface area contributed by atoms with Crippen LogP contribution in [-0.2, 0) is 47.7 Å². The van der Waals surface area contributed by atoms with Crippen LogP contribution in [0.5, 0.6) is 0 Å². The summed E-state index contributed by atoms with van der Waals surface area (Å²) in [7, 11) is 0. The summed E-state index contributed by atoms with van der Waals surface area (Å²) < 4.78 is 106. The minimum absolute atomic E-state index is 0.0341. The molecule has 108 heavy (non-hydrogen) atoms. The summed E-state index contributed by atoms with van der Waals surface area (Å²) in [4.78, 5) is 105. The molecule has 3 aromatic heterocycles. The van der Waals surface area contributed by atoms with Gasteiger partial charge in [0.1, 0.15) is 60.7 Å². The summed E-state index contributed by atoms with van der Waals surface area (Å²) in [6.07, 6.45) is 2.84. The summed E-state index contributed by atoms with van der Waals surface area (Å²) in [6, 6.07) is 7.57. The van der Waals surface area contributed by atoms with E-state index in [2.05, 4.69) is 51.8 Å². The third kappa shape index (κ3) is 20.5. The maximum atomic E-state index is 14.4. The number of nitrogens with one attached hydrogen (secondary N) is 3. The molecule has 576 valence electrons. The largest absolute Gasteiger partial charge is 0.481 e. The highest BCUT2D eigenvalue weighted by Crippen LogP contribution is 2.42. The Morgan fingerprint density at radius 1 is 0.519 bits per heavy atom. The number of carbonyl (C=O) groups excluding carboxylic acids is 3. The highest BCUT2D eigenvalue weighted by atomic mass is 79.9. The number of benzene rings is 3. The minimum Gasteiger partial charge on any atom is -0.481 e. The molecule has 25 nitrogen and oxygen atoms in total. The van der Waals surface area contributed by atoms with Gasteiger partial charge in [-0.05, 0) is 88.4 Å². The lowest BCUT2D eigenvalue weighted by atomic mass is 9.92. The molecule has 3 aromatic carbocycles. The molecule has 6 aliphatic heterocycles. The minimum atomic E-state index is -1.22. The number of halogens is 9. The van der Waals surface area contributed by atoms with Crippen LogP contribution in [0.3, 0.4) is 0 Å². The maximum Gasteiger partial charge on any atom is 0.338 e. The molecule has 3 saturated heterocycles. The number of hydrogen-bond acceptors (Lipinski definition) is 25. The van der Waals surface area contributed by atoms with Crippen molar-refractivity contribution in [2.45, 2.75) is 114 Å². The number of ether oxygens (including phenoxy) is 4. The van der Waals surface area contributed by atoms with Crippen LogP contribution in [0.2, 0.25) is 10.0 Å². The number of carboxylic acid groups (broad SMARTS) is 3. The van der Waals surface area contributed by atoms with E-state index >= 15 is 0 Å². The molecule has 0 amide bonds. The molecule has 0 radical (unpaired) electrons. The van der Waals surface area contributed by atoms with Gasteiger partial charge in [-0.3, -0.25) is 39.3 Å². The first-order valence-corrected chi connectivity index (χ1v) is 38.2. The first-order valence-electron chi connectivity index (χ1n) is 34.0. The molecular weight excluding hydrogens is 1590 g/mol. The zero-order valence-electron chi connectivity index (χ0n) is 58.0. The lowest BCUT2D eigenvalue weighted by molar-refractivity contribution is -0.145. The molecule has 12 rings (SSSR count). The molecular formula is C71H73BrCl2F6N12O13S3. The molecule has 6 aromatic rings. The summed E-state index contributed by atoms with van der Waals surface area (Å²) in [5.74, 6) is -5.15. The monoisotopic (exact) mass is 1660 g/mol. The highest BCUT2D eigenvalue weighted by molar-refractivity contribution is 9.10. The van der Waals surface area contributed by atoms with Crippen LogP contribution in [0.1, 0.15) is 109 Å². The van der Waals surface area contributed by atoms with Crippen molar-refractivity contribution in [3.63, 3.8) is 0 Å². The van der Waals surface area contributed by atoms with E-state index in [-0.39, 0.29) is 105 Å². The van der Waals surface area contributed by atoms with E-state index in [1.54, 1.807) is 66.5 Å². The molecule has 37 heteroatoms. The number of likely N-dealkylation sites (tertiary alicyclic amines) is 3. The van der Waals surface area contributed by atoms with E-state index in [9.17, 15) is 55.1 Å². The SMILES string of the molecule is CCOC(=O)C1=C(CN2CC(F)C2CCCC(=O)O)NC(c2nccs2)=N[C@H]1c1ccc(F)cc1Br.CCOC(=O)C1=C(CN2CC(F)C2CCCC(=O)O)NC(c2nccs2)=N[C@H]1c1ccc(F)cc1Cl.CCOC(=O)C1=C(CN2CC(F)C2COCC(=O)O)NC(c2nccs2)=N[C@H]1c1ccc(F)cc1Cl. The summed E-state index contributed by atoms with van der Waals surface area (Å²) in [5, 5.41) is 43.5. The zero-order valence-corrected chi connectivity index (χ0v) is 63.5. The van der Waals surface area contributed by atoms with Gasteiger partial charge in [0.25, 0.3) is 0 Å². The Morgan fingerprint density at radius 2 is 0.861 bits per heavy atom. The second-order valence-corrected chi connectivity index (χ2v) is 29.2. The van der Waals surface area contributed by atoms with Gasteiger partial charge in [-0.25, -0.2) is 60.5 Å². The first-order chi connectivity index (χ1) is 51.8. The second kappa shape index (κ2) is 38.2. The number of hydrogen-bond donors (Lipinski definition) is 6. The Morgan fingerprint density at radius 3 is 1.17 bits per heavy atom. The predicted molar refractivity (Wildman–Crippen MR) is 394 cm³/mol. The number of aliphatic imine (C=N–C) groups is 3. The van der Waals surface area contributed by atoms with Gasteiger partial charge in [0.05, 0.1) is 49.2 Å².